The first-order chi connectivity index (χ1) is 30.6. The van der Waals surface area contributed by atoms with E-state index in [2.05, 4.69) is 62.5 Å². The normalized spacial score (nSPS) is 13.2. The van der Waals surface area contributed by atoms with Gasteiger partial charge in [0.2, 0.25) is 0 Å². The summed E-state index contributed by atoms with van der Waals surface area (Å²) in [5, 5.41) is 11.7. The molecule has 0 saturated heterocycles. The first kappa shape index (κ1) is 60.3. The number of rotatable bonds is 47. The summed E-state index contributed by atoms with van der Waals surface area (Å²) in [6, 6.07) is -0.728. The SMILES string of the molecule is CCCCC/C=C/C=C/CCCCCCCCCCCCC(=O)OC(COCCC(C(=O)[O-])[N+](C)(C)C)COC(=O)CCCCCCCCCCCC/C=C/C=C/CCCCCC. The zero-order chi connectivity index (χ0) is 46.3. The van der Waals surface area contributed by atoms with Crippen LogP contribution < -0.4 is 5.11 Å². The van der Waals surface area contributed by atoms with Crippen LogP contribution in [0.3, 0.4) is 0 Å². The van der Waals surface area contributed by atoms with Crippen molar-refractivity contribution in [3.63, 3.8) is 0 Å². The van der Waals surface area contributed by atoms with Gasteiger partial charge < -0.3 is 28.6 Å². The molecule has 63 heavy (non-hydrogen) atoms. The number of hydrogen-bond acceptors (Lipinski definition) is 7. The van der Waals surface area contributed by atoms with Gasteiger partial charge in [0.05, 0.1) is 40.3 Å². The van der Waals surface area contributed by atoms with E-state index in [0.29, 0.717) is 12.8 Å². The number of quaternary nitrogens is 1. The van der Waals surface area contributed by atoms with E-state index < -0.39 is 18.1 Å². The molecule has 0 rings (SSSR count). The number of likely N-dealkylation sites (N-methyl/N-ethyl adjacent to an activating group) is 1. The zero-order valence-electron chi connectivity index (χ0n) is 41.7. The van der Waals surface area contributed by atoms with Gasteiger partial charge in [-0.15, -0.1) is 0 Å². The average Bonchev–Trinajstić information content (AvgIpc) is 3.24. The molecule has 0 aliphatic rings. The topological polar surface area (TPSA) is 102 Å². The van der Waals surface area contributed by atoms with Gasteiger partial charge in [0.15, 0.2) is 6.10 Å². The number of nitrogens with zero attached hydrogens (tertiary/aromatic N) is 1. The Morgan fingerprint density at radius 2 is 0.825 bits per heavy atom. The highest BCUT2D eigenvalue weighted by atomic mass is 16.6. The fourth-order valence-corrected chi connectivity index (χ4v) is 7.64. The fraction of sp³-hybridized carbons (Fsp3) is 0.800. The van der Waals surface area contributed by atoms with E-state index in [1.54, 1.807) is 21.1 Å². The molecule has 0 aromatic rings. The number of carboxylic acids is 1. The Hall–Kier alpha value is -2.71. The predicted molar refractivity (Wildman–Crippen MR) is 263 cm³/mol. The summed E-state index contributed by atoms with van der Waals surface area (Å²) in [4.78, 5) is 37.1. The van der Waals surface area contributed by atoms with Crippen molar-refractivity contribution in [1.29, 1.82) is 0 Å². The Kier molecular flexibility index (Phi) is 43.9. The number of allylic oxidation sites excluding steroid dienone is 8. The molecule has 0 amide bonds. The molecule has 366 valence electrons. The van der Waals surface area contributed by atoms with E-state index in [4.69, 9.17) is 14.2 Å². The molecule has 0 saturated carbocycles. The monoisotopic (exact) mass is 886 g/mol. The summed E-state index contributed by atoms with van der Waals surface area (Å²) in [5.41, 5.74) is 0. The quantitative estimate of drug-likeness (QED) is 0.0259. The van der Waals surface area contributed by atoms with Crippen LogP contribution in [-0.4, -0.2) is 75.5 Å². The van der Waals surface area contributed by atoms with E-state index >= 15 is 0 Å². The number of carbonyl (C=O) groups is 3. The predicted octanol–water partition coefficient (Wildman–Crippen LogP) is 13.8. The highest BCUT2D eigenvalue weighted by Crippen LogP contribution is 2.15. The molecule has 0 aliphatic carbocycles. The van der Waals surface area contributed by atoms with Gasteiger partial charge in [-0.3, -0.25) is 9.59 Å². The molecule has 0 heterocycles. The maximum atomic E-state index is 12.8. The van der Waals surface area contributed by atoms with E-state index in [1.807, 2.05) is 0 Å². The van der Waals surface area contributed by atoms with Gasteiger partial charge in [-0.05, 0) is 64.2 Å². The second-order valence-electron chi connectivity index (χ2n) is 18.8. The fourth-order valence-electron chi connectivity index (χ4n) is 7.64. The number of carboxylic acid groups (broad SMARTS) is 1. The van der Waals surface area contributed by atoms with E-state index in [1.165, 1.54) is 161 Å². The van der Waals surface area contributed by atoms with Gasteiger partial charge in [0.1, 0.15) is 12.6 Å². The van der Waals surface area contributed by atoms with Crippen LogP contribution in [0.2, 0.25) is 0 Å². The maximum absolute atomic E-state index is 12.8. The lowest BCUT2D eigenvalue weighted by Crippen LogP contribution is -2.55. The van der Waals surface area contributed by atoms with Gasteiger partial charge in [-0.25, -0.2) is 0 Å². The molecule has 8 nitrogen and oxygen atoms in total. The van der Waals surface area contributed by atoms with E-state index in [9.17, 15) is 19.5 Å². The maximum Gasteiger partial charge on any atom is 0.306 e. The summed E-state index contributed by atoms with van der Waals surface area (Å²) in [5.74, 6) is -1.74. The molecule has 0 N–H and O–H groups in total. The Labute approximate surface area is 388 Å². The summed E-state index contributed by atoms with van der Waals surface area (Å²) >= 11 is 0. The summed E-state index contributed by atoms with van der Waals surface area (Å²) in [6.07, 6.45) is 55.6. The molecule has 2 atom stereocenters. The molecule has 0 aliphatic heterocycles. The standard InChI is InChI=1S/C55H99NO7/c1-6-8-10-12-14-16-18-20-22-24-26-28-29-31-33-35-37-39-41-43-45-53(57)62-50-51(49-61-48-47-52(55(59)60)56(3,4)5)63-54(58)46-44-42-40-38-36-34-32-30-27-25-23-21-19-17-15-13-11-9-7-2/h15-22,51-52H,6-14,23-50H2,1-5H3/b17-15+,18-16+,21-19+,22-20+. The minimum absolute atomic E-state index is 0.0388. The number of ether oxygens (including phenoxy) is 3. The number of aliphatic carboxylic acids is 1. The Balaban J connectivity index is 4.24. The third-order valence-corrected chi connectivity index (χ3v) is 11.7. The third-order valence-electron chi connectivity index (χ3n) is 11.7. The van der Waals surface area contributed by atoms with Gasteiger partial charge in [-0.1, -0.05) is 197 Å². The van der Waals surface area contributed by atoms with Gasteiger partial charge in [0.25, 0.3) is 0 Å². The molecule has 0 aromatic carbocycles. The molecule has 0 aromatic heterocycles. The second-order valence-corrected chi connectivity index (χ2v) is 18.8. The van der Waals surface area contributed by atoms with Gasteiger partial charge in [-0.2, -0.15) is 0 Å². The molecule has 0 fully saturated rings. The van der Waals surface area contributed by atoms with Crippen LogP contribution in [0, 0.1) is 0 Å². The van der Waals surface area contributed by atoms with Crippen molar-refractivity contribution in [3.05, 3.63) is 48.6 Å². The van der Waals surface area contributed by atoms with Crippen LogP contribution in [-0.2, 0) is 28.6 Å². The Morgan fingerprint density at radius 1 is 0.476 bits per heavy atom. The molecular formula is C55H99NO7. The molecule has 0 bridgehead atoms. The lowest BCUT2D eigenvalue weighted by molar-refractivity contribution is -0.889. The highest BCUT2D eigenvalue weighted by Gasteiger charge is 2.25. The number of carbonyl (C=O) groups excluding carboxylic acids is 3. The smallest absolute Gasteiger partial charge is 0.306 e. The Morgan fingerprint density at radius 3 is 1.22 bits per heavy atom. The van der Waals surface area contributed by atoms with Crippen LogP contribution in [0.5, 0.6) is 0 Å². The molecule has 2 unspecified atom stereocenters. The number of esters is 2. The van der Waals surface area contributed by atoms with Crippen molar-refractivity contribution in [2.75, 3.05) is 41.0 Å². The molecule has 0 radical (unpaired) electrons. The molecular weight excluding hydrogens is 787 g/mol. The van der Waals surface area contributed by atoms with E-state index in [-0.39, 0.29) is 42.7 Å². The summed E-state index contributed by atoms with van der Waals surface area (Å²) < 4.78 is 17.3. The Bertz CT molecular complexity index is 1170. The molecule has 0 spiro atoms. The van der Waals surface area contributed by atoms with Crippen LogP contribution in [0.15, 0.2) is 48.6 Å². The third kappa shape index (κ3) is 44.3. The van der Waals surface area contributed by atoms with Crippen molar-refractivity contribution in [2.24, 2.45) is 0 Å². The zero-order valence-corrected chi connectivity index (χ0v) is 41.7. The minimum Gasteiger partial charge on any atom is -0.544 e. The average molecular weight is 886 g/mol. The minimum atomic E-state index is -1.12. The first-order valence-corrected chi connectivity index (χ1v) is 26.2. The van der Waals surface area contributed by atoms with Crippen molar-refractivity contribution in [2.45, 2.75) is 244 Å². The largest absolute Gasteiger partial charge is 0.544 e. The van der Waals surface area contributed by atoms with Gasteiger partial charge >= 0.3 is 11.9 Å². The van der Waals surface area contributed by atoms with Crippen molar-refractivity contribution < 1.29 is 38.2 Å². The highest BCUT2D eigenvalue weighted by molar-refractivity contribution is 5.70. The van der Waals surface area contributed by atoms with Crippen molar-refractivity contribution >= 4 is 17.9 Å². The van der Waals surface area contributed by atoms with Crippen LogP contribution in [0.4, 0.5) is 0 Å². The summed E-state index contributed by atoms with van der Waals surface area (Å²) in [6.45, 7) is 4.63. The van der Waals surface area contributed by atoms with Gasteiger partial charge in [0, 0.05) is 19.3 Å². The second kappa shape index (κ2) is 45.8. The lowest BCUT2D eigenvalue weighted by Gasteiger charge is -2.34. The number of unbranched alkanes of at least 4 members (excludes halogenated alkanes) is 27. The lowest BCUT2D eigenvalue weighted by atomic mass is 10.1. The first-order valence-electron chi connectivity index (χ1n) is 26.2. The van der Waals surface area contributed by atoms with Crippen LogP contribution in [0.25, 0.3) is 0 Å². The van der Waals surface area contributed by atoms with Crippen LogP contribution >= 0.6 is 0 Å². The van der Waals surface area contributed by atoms with Crippen LogP contribution in [0.1, 0.15) is 232 Å². The molecule has 8 heteroatoms. The number of hydrogen-bond donors (Lipinski definition) is 0. The van der Waals surface area contributed by atoms with E-state index in [0.717, 1.165) is 38.5 Å². The summed E-state index contributed by atoms with van der Waals surface area (Å²) in [7, 11) is 5.42. The van der Waals surface area contributed by atoms with Crippen molar-refractivity contribution in [3.8, 4) is 0 Å². The van der Waals surface area contributed by atoms with Crippen molar-refractivity contribution in [1.82, 2.24) is 0 Å².